The van der Waals surface area contributed by atoms with Crippen LogP contribution in [0.2, 0.25) is 0 Å². The predicted molar refractivity (Wildman–Crippen MR) is 169 cm³/mol. The van der Waals surface area contributed by atoms with Gasteiger partial charge in [-0.25, -0.2) is 14.1 Å². The summed E-state index contributed by atoms with van der Waals surface area (Å²) in [5.41, 5.74) is 4.47. The second-order valence-electron chi connectivity index (χ2n) is 11.6. The highest BCUT2D eigenvalue weighted by molar-refractivity contribution is 7.52. The molecule has 4 rings (SSSR count). The fourth-order valence-electron chi connectivity index (χ4n) is 4.71. The van der Waals surface area contributed by atoms with Gasteiger partial charge in [-0.15, -0.1) is 0 Å². The van der Waals surface area contributed by atoms with Gasteiger partial charge in [-0.1, -0.05) is 45.9 Å². The number of hydrogen-bond acceptors (Lipinski definition) is 14. The number of para-hydroxylation sites is 1. The molecule has 16 nitrogen and oxygen atoms in total. The summed E-state index contributed by atoms with van der Waals surface area (Å²) in [5.74, 6) is -3.17. The van der Waals surface area contributed by atoms with Crippen molar-refractivity contribution >= 4 is 37.0 Å². The molecule has 3 N–H and O–H groups in total. The summed E-state index contributed by atoms with van der Waals surface area (Å²) >= 11 is 0. The van der Waals surface area contributed by atoms with Crippen molar-refractivity contribution < 1.29 is 46.9 Å². The van der Waals surface area contributed by atoms with Crippen LogP contribution in [0.4, 0.5) is 5.82 Å². The van der Waals surface area contributed by atoms with E-state index in [1.165, 1.54) is 29.9 Å². The van der Waals surface area contributed by atoms with Gasteiger partial charge in [0.1, 0.15) is 42.4 Å². The zero-order chi connectivity index (χ0) is 35.2. The van der Waals surface area contributed by atoms with Crippen LogP contribution in [0, 0.1) is 23.2 Å². The highest BCUT2D eigenvalue weighted by Crippen LogP contribution is 2.50. The average Bonchev–Trinajstić information content (AvgIpc) is 3.61. The number of anilines is 1. The maximum Gasteiger partial charge on any atom is 0.459 e. The fourth-order valence-corrected chi connectivity index (χ4v) is 6.23. The number of nitrogens with two attached hydrogens (primary N) is 1. The molecule has 0 radical (unpaired) electrons. The van der Waals surface area contributed by atoms with Crippen molar-refractivity contribution in [2.45, 2.75) is 71.5 Å². The van der Waals surface area contributed by atoms with E-state index in [1.54, 1.807) is 65.0 Å². The number of nitrogens with one attached hydrogen (secondary N) is 1. The van der Waals surface area contributed by atoms with Gasteiger partial charge >= 0.3 is 25.7 Å². The second kappa shape index (κ2) is 15.1. The number of nitrogens with zero attached hydrogens (tertiary/aromatic N) is 4. The van der Waals surface area contributed by atoms with E-state index in [4.69, 9.17) is 33.7 Å². The minimum absolute atomic E-state index is 0.0622. The Morgan fingerprint density at radius 3 is 2.35 bits per heavy atom. The number of aromatic nitrogens is 3. The van der Waals surface area contributed by atoms with Crippen LogP contribution in [-0.2, 0) is 42.4 Å². The summed E-state index contributed by atoms with van der Waals surface area (Å²) < 4.78 is 50.3. The number of carbonyl (C=O) groups is 3. The Labute approximate surface area is 277 Å². The van der Waals surface area contributed by atoms with Gasteiger partial charge < -0.3 is 29.2 Å². The average molecular weight is 687 g/mol. The van der Waals surface area contributed by atoms with Gasteiger partial charge in [0, 0.05) is 0 Å². The Hall–Kier alpha value is -4.55. The first-order chi connectivity index (χ1) is 22.7. The van der Waals surface area contributed by atoms with Crippen LogP contribution in [0.25, 0.3) is 5.52 Å². The number of carbonyl (C=O) groups excluding carboxylic acids is 3. The number of benzene rings is 1. The first kappa shape index (κ1) is 36.3. The maximum atomic E-state index is 14.3. The number of ether oxygens (including phenoxy) is 4. The number of nitrogen functional groups attached to an aromatic ring is 1. The Bertz CT molecular complexity index is 1710. The van der Waals surface area contributed by atoms with Crippen molar-refractivity contribution in [1.29, 1.82) is 5.26 Å². The Balaban J connectivity index is 1.80. The van der Waals surface area contributed by atoms with Crippen LogP contribution in [-0.4, -0.2) is 69.6 Å². The lowest BCUT2D eigenvalue weighted by Gasteiger charge is -2.31. The Morgan fingerprint density at radius 2 is 1.73 bits per heavy atom. The lowest BCUT2D eigenvalue weighted by atomic mass is 9.95. The third-order valence-corrected chi connectivity index (χ3v) is 8.86. The molecule has 0 amide bonds. The molecule has 0 bridgehead atoms. The van der Waals surface area contributed by atoms with E-state index in [-0.39, 0.29) is 23.9 Å². The van der Waals surface area contributed by atoms with E-state index < -0.39 is 74.1 Å². The van der Waals surface area contributed by atoms with Crippen LogP contribution in [0.1, 0.15) is 53.3 Å². The zero-order valence-corrected chi connectivity index (χ0v) is 28.3. The molecule has 0 saturated carbocycles. The van der Waals surface area contributed by atoms with Gasteiger partial charge in [-0.05, 0) is 38.1 Å². The highest BCUT2D eigenvalue weighted by atomic mass is 31.2. The molecule has 48 heavy (non-hydrogen) atoms. The fraction of sp³-hybridized carbons (Fsp3) is 0.484. The second-order valence-corrected chi connectivity index (χ2v) is 13.3. The van der Waals surface area contributed by atoms with E-state index in [1.807, 2.05) is 6.07 Å². The van der Waals surface area contributed by atoms with Crippen molar-refractivity contribution in [2.24, 2.45) is 11.8 Å². The molecule has 3 heterocycles. The zero-order valence-electron chi connectivity index (χ0n) is 27.4. The Kier molecular flexibility index (Phi) is 11.4. The number of nitriles is 1. The third kappa shape index (κ3) is 7.94. The SMILES string of the molecule is CCOC(=O)[C@H](C)N[P@@](=O)(OC[C@@]1(C#N)O[C@@H](c2ccc3c(N)ncnn23)[C@H](OC(=O)C(C)C)[C@@H]1OC(=O)C(C)C)Oc1ccccc1. The molecule has 17 heteroatoms. The first-order valence-electron chi connectivity index (χ1n) is 15.3. The molecule has 0 aliphatic carbocycles. The smallest absolute Gasteiger partial charge is 0.459 e. The van der Waals surface area contributed by atoms with E-state index in [0.717, 1.165) is 0 Å². The van der Waals surface area contributed by atoms with E-state index >= 15 is 0 Å². The van der Waals surface area contributed by atoms with Crippen molar-refractivity contribution in [3.63, 3.8) is 0 Å². The quantitative estimate of drug-likeness (QED) is 0.141. The summed E-state index contributed by atoms with van der Waals surface area (Å²) in [6.45, 7) is 8.60. The van der Waals surface area contributed by atoms with E-state index in [2.05, 4.69) is 15.2 Å². The number of esters is 3. The summed E-state index contributed by atoms with van der Waals surface area (Å²) in [6, 6.07) is 12.0. The van der Waals surface area contributed by atoms with Gasteiger partial charge in [0.05, 0.1) is 24.1 Å². The summed E-state index contributed by atoms with van der Waals surface area (Å²) in [7, 11) is -4.52. The molecule has 1 aliphatic rings. The molecular formula is C31H39N6O10P. The summed E-state index contributed by atoms with van der Waals surface area (Å²) in [4.78, 5) is 42.6. The van der Waals surface area contributed by atoms with Crippen LogP contribution in [0.15, 0.2) is 48.8 Å². The molecule has 1 aromatic carbocycles. The molecule has 258 valence electrons. The molecule has 3 aromatic rings. The number of fused-ring (bicyclic) bond motifs is 1. The van der Waals surface area contributed by atoms with Gasteiger partial charge in [0.15, 0.2) is 18.0 Å². The summed E-state index contributed by atoms with van der Waals surface area (Å²) in [5, 5.41) is 17.5. The van der Waals surface area contributed by atoms with Crippen molar-refractivity contribution in [1.82, 2.24) is 19.7 Å². The minimum atomic E-state index is -4.52. The standard InChI is InChI=1S/C31H39N6O10P/c1-7-42-30(40)20(6)36-48(41,47-21-11-9-8-10-12-21)43-16-31(15-32)26(45-29(39)19(4)5)25(44-28(38)18(2)3)24(46-31)22-13-14-23-27(33)34-17-35-37(22)23/h8-14,17-20,24-26H,7,16H2,1-6H3,(H,36,41)(H2,33,34,35)/t20-,24-,25-,26-,31+,48+/m0/s1. The van der Waals surface area contributed by atoms with Gasteiger partial charge in [-0.2, -0.15) is 15.4 Å². The molecule has 1 fully saturated rings. The number of rotatable bonds is 14. The molecular weight excluding hydrogens is 647 g/mol. The van der Waals surface area contributed by atoms with E-state index in [9.17, 15) is 24.2 Å². The largest absolute Gasteiger partial charge is 0.465 e. The van der Waals surface area contributed by atoms with Crippen molar-refractivity contribution in [2.75, 3.05) is 18.9 Å². The topological polar surface area (TPSA) is 216 Å². The molecule has 0 unspecified atom stereocenters. The van der Waals surface area contributed by atoms with Crippen molar-refractivity contribution in [3.05, 3.63) is 54.5 Å². The molecule has 2 aromatic heterocycles. The summed E-state index contributed by atoms with van der Waals surface area (Å²) in [6.07, 6.45) is -3.09. The lowest BCUT2D eigenvalue weighted by Crippen LogP contribution is -2.50. The normalized spacial score (nSPS) is 22.5. The van der Waals surface area contributed by atoms with Gasteiger partial charge in [-0.3, -0.25) is 18.9 Å². The number of hydrogen-bond donors (Lipinski definition) is 2. The molecule has 1 saturated heterocycles. The molecule has 0 spiro atoms. The van der Waals surface area contributed by atoms with Crippen LogP contribution in [0.3, 0.4) is 0 Å². The monoisotopic (exact) mass is 686 g/mol. The van der Waals surface area contributed by atoms with Gasteiger partial charge in [0.25, 0.3) is 0 Å². The van der Waals surface area contributed by atoms with Crippen LogP contribution >= 0.6 is 7.75 Å². The highest BCUT2D eigenvalue weighted by Gasteiger charge is 2.62. The van der Waals surface area contributed by atoms with Crippen molar-refractivity contribution in [3.8, 4) is 11.8 Å². The minimum Gasteiger partial charge on any atom is -0.465 e. The van der Waals surface area contributed by atoms with E-state index in [0.29, 0.717) is 5.52 Å². The van der Waals surface area contributed by atoms with Gasteiger partial charge in [0.2, 0.25) is 5.60 Å². The third-order valence-electron chi connectivity index (χ3n) is 7.23. The van der Waals surface area contributed by atoms with Crippen LogP contribution in [0.5, 0.6) is 5.75 Å². The molecule has 6 atom stereocenters. The lowest BCUT2D eigenvalue weighted by molar-refractivity contribution is -0.173. The molecule has 1 aliphatic heterocycles. The Morgan fingerprint density at radius 1 is 1.06 bits per heavy atom. The first-order valence-corrected chi connectivity index (χ1v) is 16.8. The predicted octanol–water partition coefficient (Wildman–Crippen LogP) is 3.53. The maximum absolute atomic E-state index is 14.3. The van der Waals surface area contributed by atoms with Crippen LogP contribution < -0.4 is 15.3 Å².